The maximum absolute atomic E-state index is 12.6. The molecule has 0 saturated heterocycles. The van der Waals surface area contributed by atoms with Gasteiger partial charge in [-0.15, -0.1) is 0 Å². The molecule has 2 aromatic heterocycles. The van der Waals surface area contributed by atoms with Crippen molar-refractivity contribution in [3.8, 4) is 22.9 Å². The van der Waals surface area contributed by atoms with Gasteiger partial charge in [0.1, 0.15) is 18.0 Å². The van der Waals surface area contributed by atoms with Crippen LogP contribution in [-0.4, -0.2) is 63.8 Å². The summed E-state index contributed by atoms with van der Waals surface area (Å²) in [4.78, 5) is 33.1. The third-order valence-electron chi connectivity index (χ3n) is 6.24. The van der Waals surface area contributed by atoms with Crippen molar-refractivity contribution in [1.82, 2.24) is 19.7 Å². The number of hydrogen-bond acceptors (Lipinski definition) is 11. The number of hydrogen-bond donors (Lipinski definition) is 1. The van der Waals surface area contributed by atoms with E-state index in [9.17, 15) is 14.9 Å². The van der Waals surface area contributed by atoms with Gasteiger partial charge in [-0.25, -0.2) is 14.8 Å². The standard InChI is InChI=1S/C30H30N6O7/c1-30(2,3)43-29(37)35-24-10-9-20(13-19(24)17-31-35)32-28-22-15-26(42-12-11-40-4)25(41-5)16-23(22)33-27(34-28)18-7-6-8-21(14-18)36(38)39/h6-10,13-17H,11-12H2,1-5H3,(H,32,33,34). The van der Waals surface area contributed by atoms with Gasteiger partial charge in [-0.05, 0) is 45.0 Å². The molecule has 0 radical (unpaired) electrons. The van der Waals surface area contributed by atoms with E-state index in [1.54, 1.807) is 70.5 Å². The van der Waals surface area contributed by atoms with E-state index in [1.807, 2.05) is 6.07 Å². The predicted molar refractivity (Wildman–Crippen MR) is 160 cm³/mol. The molecule has 0 atom stereocenters. The Morgan fingerprint density at radius 2 is 1.84 bits per heavy atom. The van der Waals surface area contributed by atoms with Crippen LogP contribution in [0.4, 0.5) is 22.0 Å². The predicted octanol–water partition coefficient (Wildman–Crippen LogP) is 6.12. The fraction of sp³-hybridized carbons (Fsp3) is 0.267. The molecule has 0 spiro atoms. The second-order valence-electron chi connectivity index (χ2n) is 10.5. The molecule has 222 valence electrons. The Hall–Kier alpha value is -5.30. The van der Waals surface area contributed by atoms with Gasteiger partial charge >= 0.3 is 6.09 Å². The van der Waals surface area contributed by atoms with Crippen LogP contribution in [0, 0.1) is 10.1 Å². The van der Waals surface area contributed by atoms with E-state index in [0.717, 1.165) is 0 Å². The zero-order valence-corrected chi connectivity index (χ0v) is 24.3. The highest BCUT2D eigenvalue weighted by Crippen LogP contribution is 2.37. The summed E-state index contributed by atoms with van der Waals surface area (Å²) in [5.41, 5.74) is 1.46. The minimum Gasteiger partial charge on any atom is -0.493 e. The fourth-order valence-electron chi connectivity index (χ4n) is 4.32. The van der Waals surface area contributed by atoms with Crippen molar-refractivity contribution in [2.45, 2.75) is 26.4 Å². The zero-order chi connectivity index (χ0) is 30.7. The fourth-order valence-corrected chi connectivity index (χ4v) is 4.32. The van der Waals surface area contributed by atoms with Gasteiger partial charge < -0.3 is 24.3 Å². The molecule has 0 aliphatic heterocycles. The topological polar surface area (TPSA) is 153 Å². The molecule has 2 heterocycles. The first-order valence-corrected chi connectivity index (χ1v) is 13.3. The maximum atomic E-state index is 12.6. The van der Waals surface area contributed by atoms with Crippen molar-refractivity contribution >= 4 is 45.1 Å². The summed E-state index contributed by atoms with van der Waals surface area (Å²) in [5.74, 6) is 1.61. The van der Waals surface area contributed by atoms with Crippen molar-refractivity contribution in [3.63, 3.8) is 0 Å². The molecule has 0 aliphatic carbocycles. The van der Waals surface area contributed by atoms with Gasteiger partial charge in [0.15, 0.2) is 17.3 Å². The average Bonchev–Trinajstić information content (AvgIpc) is 3.40. The number of fused-ring (bicyclic) bond motifs is 2. The molecule has 43 heavy (non-hydrogen) atoms. The minimum absolute atomic E-state index is 0.0809. The lowest BCUT2D eigenvalue weighted by Gasteiger charge is -2.19. The largest absolute Gasteiger partial charge is 0.493 e. The summed E-state index contributed by atoms with van der Waals surface area (Å²) in [6, 6.07) is 15.0. The van der Waals surface area contributed by atoms with Crippen LogP contribution >= 0.6 is 0 Å². The molecular weight excluding hydrogens is 556 g/mol. The number of nitrogens with zero attached hydrogens (tertiary/aromatic N) is 5. The van der Waals surface area contributed by atoms with E-state index in [2.05, 4.69) is 10.4 Å². The molecule has 3 aromatic carbocycles. The Morgan fingerprint density at radius 1 is 1.02 bits per heavy atom. The third-order valence-corrected chi connectivity index (χ3v) is 6.24. The van der Waals surface area contributed by atoms with Gasteiger partial charge in [0.2, 0.25) is 0 Å². The number of methoxy groups -OCH3 is 2. The molecule has 13 nitrogen and oxygen atoms in total. The number of nitrogens with one attached hydrogen (secondary N) is 1. The second-order valence-corrected chi connectivity index (χ2v) is 10.5. The van der Waals surface area contributed by atoms with Crippen LogP contribution < -0.4 is 14.8 Å². The smallest absolute Gasteiger partial charge is 0.435 e. The number of aromatic nitrogens is 4. The summed E-state index contributed by atoms with van der Waals surface area (Å²) in [5, 5.41) is 20.3. The van der Waals surface area contributed by atoms with E-state index in [4.69, 9.17) is 28.9 Å². The monoisotopic (exact) mass is 586 g/mol. The molecule has 13 heteroatoms. The lowest BCUT2D eigenvalue weighted by Crippen LogP contribution is -2.27. The highest BCUT2D eigenvalue weighted by atomic mass is 16.6. The molecule has 0 unspecified atom stereocenters. The number of carbonyl (C=O) groups excluding carboxylic acids is 1. The van der Waals surface area contributed by atoms with Crippen molar-refractivity contribution < 1.29 is 28.7 Å². The molecule has 5 rings (SSSR count). The number of nitro benzene ring substituents is 1. The normalized spacial score (nSPS) is 11.5. The quantitative estimate of drug-likeness (QED) is 0.121. The summed E-state index contributed by atoms with van der Waals surface area (Å²) in [7, 11) is 3.11. The number of ether oxygens (including phenoxy) is 4. The molecule has 0 amide bonds. The molecule has 1 N–H and O–H groups in total. The van der Waals surface area contributed by atoms with Gasteiger partial charge in [-0.3, -0.25) is 10.1 Å². The van der Waals surface area contributed by atoms with Gasteiger partial charge in [0.25, 0.3) is 5.69 Å². The Bertz CT molecular complexity index is 1830. The van der Waals surface area contributed by atoms with E-state index in [-0.39, 0.29) is 11.5 Å². The van der Waals surface area contributed by atoms with Crippen molar-refractivity contribution in [2.75, 3.05) is 32.8 Å². The first kappa shape index (κ1) is 29.2. The Morgan fingerprint density at radius 3 is 2.56 bits per heavy atom. The van der Waals surface area contributed by atoms with E-state index in [0.29, 0.717) is 63.6 Å². The van der Waals surface area contributed by atoms with E-state index in [1.165, 1.54) is 23.9 Å². The van der Waals surface area contributed by atoms with Crippen LogP contribution in [0.3, 0.4) is 0 Å². The van der Waals surface area contributed by atoms with E-state index >= 15 is 0 Å². The summed E-state index contributed by atoms with van der Waals surface area (Å²) >= 11 is 0. The molecular formula is C30H30N6O7. The molecule has 0 aliphatic rings. The van der Waals surface area contributed by atoms with Crippen LogP contribution in [0.1, 0.15) is 20.8 Å². The highest BCUT2D eigenvalue weighted by molar-refractivity contribution is 5.96. The molecule has 0 bridgehead atoms. The number of rotatable bonds is 9. The van der Waals surface area contributed by atoms with Crippen LogP contribution in [0.2, 0.25) is 0 Å². The molecule has 0 saturated carbocycles. The van der Waals surface area contributed by atoms with Crippen molar-refractivity contribution in [1.29, 1.82) is 0 Å². The lowest BCUT2D eigenvalue weighted by molar-refractivity contribution is -0.384. The molecule has 5 aromatic rings. The summed E-state index contributed by atoms with van der Waals surface area (Å²) in [6.07, 6.45) is 0.991. The summed E-state index contributed by atoms with van der Waals surface area (Å²) < 4.78 is 23.2. The molecule has 0 fully saturated rings. The Balaban J connectivity index is 1.60. The highest BCUT2D eigenvalue weighted by Gasteiger charge is 2.21. The van der Waals surface area contributed by atoms with Crippen molar-refractivity contribution in [2.24, 2.45) is 0 Å². The first-order chi connectivity index (χ1) is 20.6. The number of carbonyl (C=O) groups is 1. The Kier molecular flexibility index (Phi) is 8.08. The zero-order valence-electron chi connectivity index (χ0n) is 24.3. The van der Waals surface area contributed by atoms with E-state index < -0.39 is 16.6 Å². The van der Waals surface area contributed by atoms with Gasteiger partial charge in [0.05, 0.1) is 35.9 Å². The van der Waals surface area contributed by atoms with Crippen LogP contribution in [0.15, 0.2) is 60.8 Å². The van der Waals surface area contributed by atoms with Gasteiger partial charge in [0, 0.05) is 47.3 Å². The lowest BCUT2D eigenvalue weighted by atomic mass is 10.1. The van der Waals surface area contributed by atoms with Gasteiger partial charge in [-0.2, -0.15) is 9.78 Å². The van der Waals surface area contributed by atoms with Crippen LogP contribution in [-0.2, 0) is 9.47 Å². The second kappa shape index (κ2) is 11.9. The number of nitro groups is 1. The van der Waals surface area contributed by atoms with Crippen LogP contribution in [0.5, 0.6) is 11.5 Å². The SMILES string of the molecule is COCCOc1cc2c(Nc3ccc4c(cnn4C(=O)OC(C)(C)C)c3)nc(-c3cccc([N+](=O)[O-])c3)nc2cc1OC. The Labute approximate surface area is 246 Å². The number of benzene rings is 3. The average molecular weight is 587 g/mol. The third kappa shape index (κ3) is 6.46. The van der Waals surface area contributed by atoms with Crippen molar-refractivity contribution in [3.05, 3.63) is 70.9 Å². The maximum Gasteiger partial charge on any atom is 0.435 e. The van der Waals surface area contributed by atoms with Crippen LogP contribution in [0.25, 0.3) is 33.2 Å². The first-order valence-electron chi connectivity index (χ1n) is 13.3. The van der Waals surface area contributed by atoms with Gasteiger partial charge in [-0.1, -0.05) is 12.1 Å². The number of non-ortho nitro benzene ring substituents is 1. The summed E-state index contributed by atoms with van der Waals surface area (Å²) in [6.45, 7) is 6.04. The minimum atomic E-state index is -0.670. The number of anilines is 2.